The Bertz CT molecular complexity index is 1150. The van der Waals surface area contributed by atoms with Crippen LogP contribution in [0.2, 0.25) is 0 Å². The number of nitrogens with zero attached hydrogens (tertiary/aromatic N) is 2. The second kappa shape index (κ2) is 12.6. The van der Waals surface area contributed by atoms with Crippen molar-refractivity contribution in [2.45, 2.75) is 52.7 Å². The largest absolute Gasteiger partial charge is 0.493 e. The summed E-state index contributed by atoms with van der Waals surface area (Å²) in [4.78, 5) is 28.0. The Labute approximate surface area is 214 Å². The number of amides is 2. The molecule has 2 aromatic carbocycles. The van der Waals surface area contributed by atoms with Crippen molar-refractivity contribution in [2.75, 3.05) is 31.3 Å². The minimum Gasteiger partial charge on any atom is -0.493 e. The average Bonchev–Trinajstić information content (AvgIpc) is 2.85. The Morgan fingerprint density at radius 2 is 1.61 bits per heavy atom. The lowest BCUT2D eigenvalue weighted by molar-refractivity contribution is -0.139. The van der Waals surface area contributed by atoms with Crippen molar-refractivity contribution in [3.05, 3.63) is 53.6 Å². The SMILES string of the molecule is CCC(C)NC(=O)C(C)N(Cc1ccc(C)cc1)C(=O)CN(c1ccc(OC)c(OC)c1)S(C)(=O)=O. The lowest BCUT2D eigenvalue weighted by Crippen LogP contribution is -2.52. The molecule has 198 valence electrons. The number of carbonyl (C=O) groups is 2. The number of nitrogens with one attached hydrogen (secondary N) is 1. The summed E-state index contributed by atoms with van der Waals surface area (Å²) in [6.07, 6.45) is 1.77. The summed E-state index contributed by atoms with van der Waals surface area (Å²) in [6, 6.07) is 11.4. The van der Waals surface area contributed by atoms with Crippen molar-refractivity contribution in [1.29, 1.82) is 0 Å². The van der Waals surface area contributed by atoms with Crippen molar-refractivity contribution in [3.8, 4) is 11.5 Å². The van der Waals surface area contributed by atoms with E-state index in [1.807, 2.05) is 45.0 Å². The molecule has 2 rings (SSSR count). The van der Waals surface area contributed by atoms with Gasteiger partial charge in [0.25, 0.3) is 0 Å². The summed E-state index contributed by atoms with van der Waals surface area (Å²) in [5.41, 5.74) is 2.14. The molecule has 10 heteroatoms. The summed E-state index contributed by atoms with van der Waals surface area (Å²) in [7, 11) is -0.930. The standard InChI is InChI=1S/C26H37N3O6S/c1-8-19(3)27-26(31)20(4)28(16-21-11-9-18(2)10-12-21)25(30)17-29(36(7,32)33)22-13-14-23(34-5)24(15-22)35-6/h9-15,19-20H,8,16-17H2,1-7H3,(H,27,31). The van der Waals surface area contributed by atoms with Gasteiger partial charge in [0.05, 0.1) is 26.2 Å². The van der Waals surface area contributed by atoms with Crippen LogP contribution in [0.4, 0.5) is 5.69 Å². The Kier molecular flexibility index (Phi) is 10.2. The van der Waals surface area contributed by atoms with Gasteiger partial charge in [0.15, 0.2) is 11.5 Å². The highest BCUT2D eigenvalue weighted by molar-refractivity contribution is 7.92. The minimum absolute atomic E-state index is 0.0597. The molecule has 0 saturated carbocycles. The zero-order chi connectivity index (χ0) is 27.0. The lowest BCUT2D eigenvalue weighted by atomic mass is 10.1. The molecule has 9 nitrogen and oxygen atoms in total. The van der Waals surface area contributed by atoms with E-state index in [0.29, 0.717) is 11.5 Å². The highest BCUT2D eigenvalue weighted by atomic mass is 32.2. The number of ether oxygens (including phenoxy) is 2. The van der Waals surface area contributed by atoms with Gasteiger partial charge in [0, 0.05) is 18.7 Å². The van der Waals surface area contributed by atoms with Crippen LogP contribution in [0.1, 0.15) is 38.3 Å². The normalized spacial score (nSPS) is 12.9. The van der Waals surface area contributed by atoms with Gasteiger partial charge in [-0.25, -0.2) is 8.42 Å². The molecule has 0 heterocycles. The summed E-state index contributed by atoms with van der Waals surface area (Å²) in [5, 5.41) is 2.91. The van der Waals surface area contributed by atoms with Gasteiger partial charge in [-0.15, -0.1) is 0 Å². The summed E-state index contributed by atoms with van der Waals surface area (Å²) in [5.74, 6) is -0.0595. The van der Waals surface area contributed by atoms with Gasteiger partial charge in [-0.1, -0.05) is 36.8 Å². The maximum Gasteiger partial charge on any atom is 0.244 e. The number of sulfonamides is 1. The summed E-state index contributed by atoms with van der Waals surface area (Å²) in [6.45, 7) is 7.11. The van der Waals surface area contributed by atoms with Crippen LogP contribution in [0.3, 0.4) is 0 Å². The van der Waals surface area contributed by atoms with Crippen LogP contribution in [0.25, 0.3) is 0 Å². The van der Waals surface area contributed by atoms with E-state index in [9.17, 15) is 18.0 Å². The molecule has 0 aliphatic carbocycles. The maximum absolute atomic E-state index is 13.6. The van der Waals surface area contributed by atoms with Crippen molar-refractivity contribution in [2.24, 2.45) is 0 Å². The van der Waals surface area contributed by atoms with Crippen LogP contribution >= 0.6 is 0 Å². The highest BCUT2D eigenvalue weighted by Crippen LogP contribution is 2.32. The lowest BCUT2D eigenvalue weighted by Gasteiger charge is -2.32. The predicted octanol–water partition coefficient (Wildman–Crippen LogP) is 3.11. The fourth-order valence-corrected chi connectivity index (χ4v) is 4.37. The molecule has 0 aromatic heterocycles. The molecule has 0 fully saturated rings. The van der Waals surface area contributed by atoms with Gasteiger partial charge in [0.2, 0.25) is 21.8 Å². The molecule has 0 bridgehead atoms. The molecule has 2 amide bonds. The number of rotatable bonds is 12. The average molecular weight is 520 g/mol. The highest BCUT2D eigenvalue weighted by Gasteiger charge is 2.30. The Balaban J connectivity index is 2.43. The fraction of sp³-hybridized carbons (Fsp3) is 0.462. The zero-order valence-electron chi connectivity index (χ0n) is 22.1. The van der Waals surface area contributed by atoms with Crippen LogP contribution in [0.15, 0.2) is 42.5 Å². The molecule has 2 atom stereocenters. The molecule has 36 heavy (non-hydrogen) atoms. The number of aryl methyl sites for hydroxylation is 1. The summed E-state index contributed by atoms with van der Waals surface area (Å²) < 4.78 is 37.0. The first-order chi connectivity index (χ1) is 16.9. The Morgan fingerprint density at radius 1 is 1.00 bits per heavy atom. The van der Waals surface area contributed by atoms with Crippen molar-refractivity contribution < 1.29 is 27.5 Å². The zero-order valence-corrected chi connectivity index (χ0v) is 22.9. The number of methoxy groups -OCH3 is 2. The predicted molar refractivity (Wildman–Crippen MR) is 141 cm³/mol. The van der Waals surface area contributed by atoms with E-state index in [1.165, 1.54) is 25.2 Å². The maximum atomic E-state index is 13.6. The molecule has 2 unspecified atom stereocenters. The third-order valence-electron chi connectivity index (χ3n) is 5.98. The topological polar surface area (TPSA) is 105 Å². The van der Waals surface area contributed by atoms with E-state index in [-0.39, 0.29) is 24.2 Å². The van der Waals surface area contributed by atoms with Gasteiger partial charge in [0.1, 0.15) is 12.6 Å². The number of carbonyl (C=O) groups excluding carboxylic acids is 2. The Morgan fingerprint density at radius 3 is 2.14 bits per heavy atom. The number of anilines is 1. The molecule has 0 saturated heterocycles. The first kappa shape index (κ1) is 29.0. The molecule has 2 aromatic rings. The molecular weight excluding hydrogens is 482 g/mol. The van der Waals surface area contributed by atoms with Gasteiger partial charge in [-0.2, -0.15) is 0 Å². The van der Waals surface area contributed by atoms with Gasteiger partial charge >= 0.3 is 0 Å². The molecule has 0 aliphatic rings. The van der Waals surface area contributed by atoms with E-state index >= 15 is 0 Å². The van der Waals surface area contributed by atoms with Crippen molar-refractivity contribution >= 4 is 27.5 Å². The van der Waals surface area contributed by atoms with Crippen molar-refractivity contribution in [1.82, 2.24) is 10.2 Å². The van der Waals surface area contributed by atoms with E-state index < -0.39 is 28.5 Å². The van der Waals surface area contributed by atoms with Gasteiger partial charge in [-0.05, 0) is 44.9 Å². The first-order valence-corrected chi connectivity index (χ1v) is 13.6. The number of hydrogen-bond acceptors (Lipinski definition) is 6. The molecule has 1 N–H and O–H groups in total. The number of benzene rings is 2. The molecule has 0 aliphatic heterocycles. The molecule has 0 spiro atoms. The van der Waals surface area contributed by atoms with Crippen LogP contribution in [-0.4, -0.2) is 64.2 Å². The minimum atomic E-state index is -3.85. The van der Waals surface area contributed by atoms with Crippen LogP contribution < -0.4 is 19.1 Å². The van der Waals surface area contributed by atoms with Crippen LogP contribution in [-0.2, 0) is 26.2 Å². The van der Waals surface area contributed by atoms with Crippen LogP contribution in [0, 0.1) is 6.92 Å². The van der Waals surface area contributed by atoms with E-state index in [2.05, 4.69) is 5.32 Å². The van der Waals surface area contributed by atoms with Gasteiger partial charge < -0.3 is 19.7 Å². The van der Waals surface area contributed by atoms with Gasteiger partial charge in [-0.3, -0.25) is 13.9 Å². The van der Waals surface area contributed by atoms with E-state index in [1.54, 1.807) is 19.1 Å². The Hall–Kier alpha value is -3.27. The molecular formula is C26H37N3O6S. The third kappa shape index (κ3) is 7.61. The molecule has 0 radical (unpaired) electrons. The first-order valence-electron chi connectivity index (χ1n) is 11.8. The summed E-state index contributed by atoms with van der Waals surface area (Å²) >= 11 is 0. The van der Waals surface area contributed by atoms with Crippen molar-refractivity contribution in [3.63, 3.8) is 0 Å². The van der Waals surface area contributed by atoms with E-state index in [4.69, 9.17) is 9.47 Å². The second-order valence-corrected chi connectivity index (χ2v) is 10.7. The second-order valence-electron chi connectivity index (χ2n) is 8.81. The smallest absolute Gasteiger partial charge is 0.244 e. The van der Waals surface area contributed by atoms with Crippen LogP contribution in [0.5, 0.6) is 11.5 Å². The number of hydrogen-bond donors (Lipinski definition) is 1. The van der Waals surface area contributed by atoms with E-state index in [0.717, 1.165) is 28.1 Å². The quantitative estimate of drug-likeness (QED) is 0.462. The third-order valence-corrected chi connectivity index (χ3v) is 7.12. The fourth-order valence-electron chi connectivity index (χ4n) is 3.53. The monoisotopic (exact) mass is 519 g/mol.